The molecule has 0 aromatic rings. The van der Waals surface area contributed by atoms with Gasteiger partial charge in [-0.25, -0.2) is 0 Å². The van der Waals surface area contributed by atoms with E-state index < -0.39 is 0 Å². The molecule has 0 unspecified atom stereocenters. The van der Waals surface area contributed by atoms with Crippen LogP contribution in [0, 0.1) is 0 Å². The third-order valence-corrected chi connectivity index (χ3v) is 2.44. The summed E-state index contributed by atoms with van der Waals surface area (Å²) in [7, 11) is 1.86. The van der Waals surface area contributed by atoms with Crippen LogP contribution in [0.3, 0.4) is 0 Å². The topological polar surface area (TPSA) is 20.3 Å². The molecule has 0 saturated heterocycles. The fraction of sp³-hybridized carbons (Fsp3) is 0.583. The summed E-state index contributed by atoms with van der Waals surface area (Å²) >= 11 is 0. The molecule has 1 amide bonds. The van der Waals surface area contributed by atoms with E-state index in [4.69, 9.17) is 0 Å². The van der Waals surface area contributed by atoms with Gasteiger partial charge in [-0.05, 0) is 39.5 Å². The number of hydrogen-bond acceptors (Lipinski definition) is 1. The largest absolute Gasteiger partial charge is 0.316 e. The normalized spacial score (nSPS) is 15.8. The molecule has 0 aromatic heterocycles. The zero-order chi connectivity index (χ0) is 10.6. The minimum Gasteiger partial charge on any atom is -0.316 e. The second-order valence-corrected chi connectivity index (χ2v) is 4.06. The summed E-state index contributed by atoms with van der Waals surface area (Å²) in [5.74, 6) is 0.0955. The molecule has 2 heteroatoms. The number of nitrogens with zero attached hydrogens (tertiary/aromatic N) is 1. The second kappa shape index (κ2) is 4.99. The number of hydrogen-bond donors (Lipinski definition) is 0. The number of carbonyl (C=O) groups is 1. The van der Waals surface area contributed by atoms with Gasteiger partial charge in [0.2, 0.25) is 5.91 Å². The Balaban J connectivity index is 2.64. The Morgan fingerprint density at radius 3 is 2.64 bits per heavy atom. The van der Waals surface area contributed by atoms with E-state index in [1.165, 1.54) is 18.5 Å². The van der Waals surface area contributed by atoms with Gasteiger partial charge in [0.05, 0.1) is 0 Å². The van der Waals surface area contributed by atoms with Crippen LogP contribution in [-0.2, 0) is 4.79 Å². The van der Waals surface area contributed by atoms with Crippen LogP contribution in [0.25, 0.3) is 0 Å². The van der Waals surface area contributed by atoms with E-state index >= 15 is 0 Å². The first kappa shape index (κ1) is 11.0. The molecule has 1 aliphatic rings. The molecule has 14 heavy (non-hydrogen) atoms. The summed E-state index contributed by atoms with van der Waals surface area (Å²) < 4.78 is 0. The average molecular weight is 193 g/mol. The highest BCUT2D eigenvalue weighted by molar-refractivity contribution is 5.89. The molecule has 0 N–H and O–H groups in total. The van der Waals surface area contributed by atoms with Gasteiger partial charge in [0.15, 0.2) is 0 Å². The zero-order valence-corrected chi connectivity index (χ0v) is 9.34. The second-order valence-electron chi connectivity index (χ2n) is 4.06. The van der Waals surface area contributed by atoms with Crippen molar-refractivity contribution in [3.8, 4) is 0 Å². The van der Waals surface area contributed by atoms with Crippen molar-refractivity contribution >= 4 is 5.91 Å². The summed E-state index contributed by atoms with van der Waals surface area (Å²) in [5, 5.41) is 0. The first-order chi connectivity index (χ1) is 6.61. The van der Waals surface area contributed by atoms with E-state index in [0.717, 1.165) is 18.4 Å². The number of allylic oxidation sites excluding steroid dienone is 3. The molecule has 0 fully saturated rings. The van der Waals surface area contributed by atoms with E-state index in [2.05, 4.69) is 6.08 Å². The third-order valence-electron chi connectivity index (χ3n) is 2.44. The number of likely N-dealkylation sites (N-methyl/N-ethyl adjacent to an activating group) is 1. The van der Waals surface area contributed by atoms with Crippen molar-refractivity contribution < 1.29 is 4.79 Å². The maximum absolute atomic E-state index is 11.7. The lowest BCUT2D eigenvalue weighted by molar-refractivity contribution is -0.123. The van der Waals surface area contributed by atoms with Crippen LogP contribution in [0.15, 0.2) is 23.4 Å². The molecule has 0 bridgehead atoms. The molecule has 2 nitrogen and oxygen atoms in total. The van der Waals surface area contributed by atoms with Crippen LogP contribution in [0.2, 0.25) is 0 Å². The zero-order valence-electron chi connectivity index (χ0n) is 9.34. The molecule has 0 aromatic carbocycles. The molecule has 1 aliphatic carbocycles. The lowest BCUT2D eigenvalue weighted by atomic mass is 10.0. The molecule has 0 saturated carbocycles. The van der Waals surface area contributed by atoms with Crippen molar-refractivity contribution in [1.82, 2.24) is 4.90 Å². The fourth-order valence-electron chi connectivity index (χ4n) is 1.61. The van der Waals surface area contributed by atoms with E-state index in [9.17, 15) is 4.79 Å². The van der Waals surface area contributed by atoms with E-state index in [1.54, 1.807) is 11.0 Å². The molecular weight excluding hydrogens is 174 g/mol. The van der Waals surface area contributed by atoms with Gasteiger partial charge in [0.1, 0.15) is 0 Å². The smallest absolute Gasteiger partial charge is 0.250 e. The predicted molar refractivity (Wildman–Crippen MR) is 58.8 cm³/mol. The maximum atomic E-state index is 11.7. The van der Waals surface area contributed by atoms with Crippen molar-refractivity contribution in [2.45, 2.75) is 39.5 Å². The summed E-state index contributed by atoms with van der Waals surface area (Å²) in [6.45, 7) is 3.89. The molecular formula is C12H19NO. The van der Waals surface area contributed by atoms with Crippen molar-refractivity contribution in [2.24, 2.45) is 0 Å². The van der Waals surface area contributed by atoms with Crippen LogP contribution < -0.4 is 0 Å². The van der Waals surface area contributed by atoms with Crippen LogP contribution in [0.4, 0.5) is 0 Å². The van der Waals surface area contributed by atoms with Gasteiger partial charge in [-0.15, -0.1) is 0 Å². The van der Waals surface area contributed by atoms with Gasteiger partial charge < -0.3 is 4.90 Å². The van der Waals surface area contributed by atoms with Crippen LogP contribution in [0.5, 0.6) is 0 Å². The summed E-state index contributed by atoms with van der Waals surface area (Å²) in [5.41, 5.74) is 2.23. The van der Waals surface area contributed by atoms with Gasteiger partial charge in [-0.3, -0.25) is 4.79 Å². The molecule has 0 heterocycles. The monoisotopic (exact) mass is 193 g/mol. The van der Waals surface area contributed by atoms with Crippen molar-refractivity contribution in [3.05, 3.63) is 23.4 Å². The van der Waals surface area contributed by atoms with Crippen molar-refractivity contribution in [1.29, 1.82) is 0 Å². The number of rotatable bonds is 2. The highest BCUT2D eigenvalue weighted by atomic mass is 16.2. The molecule has 78 valence electrons. The third kappa shape index (κ3) is 3.02. The molecule has 0 aliphatic heterocycles. The SMILES string of the molecule is CC(C)=CC(=O)N(C)C1=CCCCC1. The van der Waals surface area contributed by atoms with Crippen LogP contribution >= 0.6 is 0 Å². The molecule has 0 atom stereocenters. The van der Waals surface area contributed by atoms with Gasteiger partial charge in [-0.2, -0.15) is 0 Å². The number of carbonyl (C=O) groups excluding carboxylic acids is 1. The van der Waals surface area contributed by atoms with E-state index in [0.29, 0.717) is 0 Å². The predicted octanol–water partition coefficient (Wildman–Crippen LogP) is 2.87. The van der Waals surface area contributed by atoms with Gasteiger partial charge >= 0.3 is 0 Å². The maximum Gasteiger partial charge on any atom is 0.250 e. The van der Waals surface area contributed by atoms with Gasteiger partial charge in [0.25, 0.3) is 0 Å². The molecule has 0 spiro atoms. The Morgan fingerprint density at radius 2 is 2.14 bits per heavy atom. The molecule has 0 radical (unpaired) electrons. The lowest BCUT2D eigenvalue weighted by Gasteiger charge is -2.22. The highest BCUT2D eigenvalue weighted by Gasteiger charge is 2.12. The first-order valence-corrected chi connectivity index (χ1v) is 5.23. The van der Waals surface area contributed by atoms with Crippen molar-refractivity contribution in [2.75, 3.05) is 7.05 Å². The minimum absolute atomic E-state index is 0.0955. The van der Waals surface area contributed by atoms with Gasteiger partial charge in [0, 0.05) is 18.8 Å². The van der Waals surface area contributed by atoms with E-state index in [1.807, 2.05) is 20.9 Å². The van der Waals surface area contributed by atoms with Crippen LogP contribution in [0.1, 0.15) is 39.5 Å². The fourth-order valence-corrected chi connectivity index (χ4v) is 1.61. The summed E-state index contributed by atoms with van der Waals surface area (Å²) in [6.07, 6.45) is 8.49. The average Bonchev–Trinajstić information content (AvgIpc) is 2.17. The van der Waals surface area contributed by atoms with E-state index in [-0.39, 0.29) is 5.91 Å². The Kier molecular flexibility index (Phi) is 3.93. The lowest BCUT2D eigenvalue weighted by Crippen LogP contribution is -2.25. The highest BCUT2D eigenvalue weighted by Crippen LogP contribution is 2.19. The Labute approximate surface area is 86.3 Å². The Morgan fingerprint density at radius 1 is 1.43 bits per heavy atom. The van der Waals surface area contributed by atoms with Gasteiger partial charge in [-0.1, -0.05) is 11.6 Å². The molecule has 1 rings (SSSR count). The first-order valence-electron chi connectivity index (χ1n) is 5.23. The van der Waals surface area contributed by atoms with Crippen LogP contribution in [-0.4, -0.2) is 17.9 Å². The van der Waals surface area contributed by atoms with Crippen molar-refractivity contribution in [3.63, 3.8) is 0 Å². The quantitative estimate of drug-likeness (QED) is 0.617. The Bertz CT molecular complexity index is 272. The Hall–Kier alpha value is -1.05. The summed E-state index contributed by atoms with van der Waals surface area (Å²) in [4.78, 5) is 13.4. The minimum atomic E-state index is 0.0955. The standard InChI is InChI=1S/C12H19NO/c1-10(2)9-12(14)13(3)11-7-5-4-6-8-11/h7,9H,4-6,8H2,1-3H3. The summed E-state index contributed by atoms with van der Waals surface area (Å²) in [6, 6.07) is 0. The number of amides is 1.